The quantitative estimate of drug-likeness (QED) is 0.575. The molecule has 0 aromatic carbocycles. The molecule has 1 fully saturated rings. The van der Waals surface area contributed by atoms with Gasteiger partial charge < -0.3 is 15.0 Å². The minimum atomic E-state index is -4.50. The van der Waals surface area contributed by atoms with E-state index in [0.717, 1.165) is 23.8 Å². The topological polar surface area (TPSA) is 80.2 Å². The first-order valence-corrected chi connectivity index (χ1v) is 10.6. The first-order chi connectivity index (χ1) is 15.0. The van der Waals surface area contributed by atoms with E-state index in [4.69, 9.17) is 9.72 Å². The summed E-state index contributed by atoms with van der Waals surface area (Å²) < 4.78 is 44.2. The molecule has 2 aromatic heterocycles. The van der Waals surface area contributed by atoms with Crippen molar-refractivity contribution in [2.45, 2.75) is 73.2 Å². The summed E-state index contributed by atoms with van der Waals surface area (Å²) in [5, 5.41) is 2.94. The number of pyridine rings is 1. The molecule has 1 amide bonds. The van der Waals surface area contributed by atoms with Crippen LogP contribution in [0.5, 0.6) is 5.75 Å². The molecule has 0 saturated heterocycles. The fraction of sp³-hybridized carbons (Fsp3) is 0.583. The Kier molecular flexibility index (Phi) is 9.97. The highest BCUT2D eigenvalue weighted by molar-refractivity contribution is 7.59. The molecule has 2 aromatic rings. The summed E-state index contributed by atoms with van der Waals surface area (Å²) in [4.78, 5) is 27.0. The van der Waals surface area contributed by atoms with Crippen molar-refractivity contribution in [3.8, 4) is 5.75 Å². The normalized spacial score (nSPS) is 21.0. The monoisotopic (exact) mass is 515 g/mol. The van der Waals surface area contributed by atoms with Gasteiger partial charge in [0.2, 0.25) is 5.91 Å². The Hall–Kier alpha value is -2.56. The van der Waals surface area contributed by atoms with E-state index in [9.17, 15) is 18.0 Å². The van der Waals surface area contributed by atoms with E-state index in [1.54, 1.807) is 0 Å². The van der Waals surface area contributed by atoms with Crippen molar-refractivity contribution in [3.63, 3.8) is 0 Å². The SMILES string of the molecule is C.C.Cc1nc(CC2CC(Oc3ccnc(C(F)(F)F)c3)C2)nc2c1NC(=O)[C@H](C(C)C)N2C.S. The molecular weight excluding hydrogens is 479 g/mol. The van der Waals surface area contributed by atoms with Gasteiger partial charge in [0.1, 0.15) is 29.0 Å². The summed E-state index contributed by atoms with van der Waals surface area (Å²) in [7, 11) is 1.87. The van der Waals surface area contributed by atoms with Gasteiger partial charge in [0.25, 0.3) is 0 Å². The van der Waals surface area contributed by atoms with Crippen LogP contribution in [0, 0.1) is 18.8 Å². The number of halogens is 3. The largest absolute Gasteiger partial charge is 0.490 e. The number of nitrogens with one attached hydrogen (secondary N) is 1. The fourth-order valence-electron chi connectivity index (χ4n) is 4.39. The van der Waals surface area contributed by atoms with Crippen molar-refractivity contribution in [1.29, 1.82) is 0 Å². The molecule has 11 heteroatoms. The highest BCUT2D eigenvalue weighted by Crippen LogP contribution is 2.37. The van der Waals surface area contributed by atoms with Gasteiger partial charge in [-0.15, -0.1) is 0 Å². The first kappa shape index (κ1) is 30.5. The van der Waals surface area contributed by atoms with Crippen LogP contribution in [0.1, 0.15) is 58.8 Å². The number of amides is 1. The lowest BCUT2D eigenvalue weighted by Crippen LogP contribution is -2.50. The lowest BCUT2D eigenvalue weighted by molar-refractivity contribution is -0.141. The van der Waals surface area contributed by atoms with E-state index in [1.807, 2.05) is 32.7 Å². The van der Waals surface area contributed by atoms with E-state index in [2.05, 4.69) is 15.3 Å². The third-order valence-corrected chi connectivity index (χ3v) is 6.01. The number of aryl methyl sites for hydroxylation is 1. The van der Waals surface area contributed by atoms with Gasteiger partial charge in [0.15, 0.2) is 5.82 Å². The number of alkyl halides is 3. The number of rotatable bonds is 5. The van der Waals surface area contributed by atoms with Crippen molar-refractivity contribution in [2.24, 2.45) is 11.8 Å². The number of fused-ring (bicyclic) bond motifs is 1. The molecule has 1 atom stereocenters. The Morgan fingerprint density at radius 1 is 1.23 bits per heavy atom. The number of likely N-dealkylation sites (N-methyl/N-ethyl adjacent to an activating group) is 1. The van der Waals surface area contributed by atoms with E-state index < -0.39 is 11.9 Å². The van der Waals surface area contributed by atoms with Gasteiger partial charge in [-0.1, -0.05) is 28.7 Å². The molecule has 1 saturated carbocycles. The summed E-state index contributed by atoms with van der Waals surface area (Å²) in [5.41, 5.74) is 0.404. The van der Waals surface area contributed by atoms with Gasteiger partial charge in [-0.2, -0.15) is 26.7 Å². The van der Waals surface area contributed by atoms with E-state index in [0.29, 0.717) is 30.8 Å². The van der Waals surface area contributed by atoms with Crippen LogP contribution < -0.4 is 15.0 Å². The number of hydrogen-bond acceptors (Lipinski definition) is 6. The molecule has 4 rings (SSSR count). The predicted octanol–water partition coefficient (Wildman–Crippen LogP) is 5.40. The zero-order chi connectivity index (χ0) is 23.2. The second-order valence-corrected chi connectivity index (χ2v) is 8.87. The second-order valence-electron chi connectivity index (χ2n) is 8.87. The van der Waals surface area contributed by atoms with Crippen molar-refractivity contribution in [2.75, 3.05) is 17.3 Å². The fourth-order valence-corrected chi connectivity index (χ4v) is 4.39. The number of aromatic nitrogens is 3. The summed E-state index contributed by atoms with van der Waals surface area (Å²) >= 11 is 0. The maximum absolute atomic E-state index is 12.8. The molecule has 3 heterocycles. The Bertz CT molecular complexity index is 1030. The van der Waals surface area contributed by atoms with Crippen LogP contribution in [0.4, 0.5) is 24.7 Å². The molecule has 1 N–H and O–H groups in total. The van der Waals surface area contributed by atoms with Crippen LogP contribution in [0.2, 0.25) is 0 Å². The first-order valence-electron chi connectivity index (χ1n) is 10.6. The third-order valence-electron chi connectivity index (χ3n) is 6.01. The Morgan fingerprint density at radius 3 is 2.49 bits per heavy atom. The van der Waals surface area contributed by atoms with Crippen LogP contribution in [-0.2, 0) is 17.4 Å². The lowest BCUT2D eigenvalue weighted by atomic mass is 9.80. The molecule has 0 bridgehead atoms. The summed E-state index contributed by atoms with van der Waals surface area (Å²) in [6.45, 7) is 5.84. The average molecular weight is 516 g/mol. The van der Waals surface area contributed by atoms with Crippen molar-refractivity contribution in [3.05, 3.63) is 35.5 Å². The molecule has 35 heavy (non-hydrogen) atoms. The number of ether oxygens (including phenoxy) is 1. The smallest absolute Gasteiger partial charge is 0.433 e. The third kappa shape index (κ3) is 6.36. The molecule has 2 aliphatic rings. The highest BCUT2D eigenvalue weighted by atomic mass is 32.1. The van der Waals surface area contributed by atoms with Gasteiger partial charge in [-0.25, -0.2) is 9.97 Å². The molecule has 7 nitrogen and oxygen atoms in total. The van der Waals surface area contributed by atoms with Crippen molar-refractivity contribution in [1.82, 2.24) is 15.0 Å². The molecule has 0 unspecified atom stereocenters. The Balaban J connectivity index is 0.00000204. The molecule has 1 aliphatic carbocycles. The summed E-state index contributed by atoms with van der Waals surface area (Å²) in [6, 6.07) is 2.07. The van der Waals surface area contributed by atoms with Gasteiger partial charge in [-0.05, 0) is 37.7 Å². The molecular formula is C24H36F3N5O2S. The Labute approximate surface area is 212 Å². The minimum absolute atomic E-state index is 0. The van der Waals surface area contributed by atoms with Crippen LogP contribution in [-0.4, -0.2) is 40.1 Å². The standard InChI is InChI=1S/C22H26F3N5O2.2CH4.H2S/c1-11(2)19-21(31)29-18-12(3)27-17(28-20(18)30(19)4)9-13-7-15(8-13)32-14-5-6-26-16(10-14)22(23,24)25;;;/h5-6,10-11,13,15,19H,7-9H2,1-4H3,(H,29,31);2*1H4;1H2/t13?,15?,19-;;;/m0.../s1. The second kappa shape index (κ2) is 11.5. The maximum Gasteiger partial charge on any atom is 0.433 e. The van der Waals surface area contributed by atoms with Crippen LogP contribution in [0.15, 0.2) is 18.3 Å². The number of hydrogen-bond donors (Lipinski definition) is 1. The molecule has 0 radical (unpaired) electrons. The zero-order valence-corrected chi connectivity index (χ0v) is 19.9. The average Bonchev–Trinajstić information content (AvgIpc) is 2.66. The molecule has 196 valence electrons. The van der Waals surface area contributed by atoms with Crippen LogP contribution in [0.25, 0.3) is 0 Å². The lowest BCUT2D eigenvalue weighted by Gasteiger charge is -2.38. The van der Waals surface area contributed by atoms with E-state index in [-0.39, 0.29) is 64.0 Å². The van der Waals surface area contributed by atoms with E-state index >= 15 is 0 Å². The van der Waals surface area contributed by atoms with Gasteiger partial charge in [0.05, 0.1) is 11.8 Å². The summed E-state index contributed by atoms with van der Waals surface area (Å²) in [6.07, 6.45) is -1.46. The van der Waals surface area contributed by atoms with Crippen molar-refractivity contribution >= 4 is 30.9 Å². The molecule has 1 aliphatic heterocycles. The van der Waals surface area contributed by atoms with Crippen LogP contribution >= 0.6 is 13.5 Å². The predicted molar refractivity (Wildman–Crippen MR) is 136 cm³/mol. The zero-order valence-electron chi connectivity index (χ0n) is 18.9. The van der Waals surface area contributed by atoms with Crippen molar-refractivity contribution < 1.29 is 22.7 Å². The molecule has 0 spiro atoms. The number of anilines is 2. The number of carbonyl (C=O) groups is 1. The Morgan fingerprint density at radius 2 is 1.89 bits per heavy atom. The van der Waals surface area contributed by atoms with Crippen LogP contribution in [0.3, 0.4) is 0 Å². The maximum atomic E-state index is 12.8. The van der Waals surface area contributed by atoms with Gasteiger partial charge in [-0.3, -0.25) is 9.78 Å². The van der Waals surface area contributed by atoms with Gasteiger partial charge in [0, 0.05) is 25.7 Å². The van der Waals surface area contributed by atoms with Gasteiger partial charge >= 0.3 is 6.18 Å². The minimum Gasteiger partial charge on any atom is -0.490 e. The van der Waals surface area contributed by atoms with E-state index in [1.165, 1.54) is 6.07 Å². The summed E-state index contributed by atoms with van der Waals surface area (Å²) in [5.74, 6) is 1.94. The number of carbonyl (C=O) groups excluding carboxylic acids is 1. The highest BCUT2D eigenvalue weighted by Gasteiger charge is 2.37. The number of nitrogens with zero attached hydrogens (tertiary/aromatic N) is 4.